The average Bonchev–Trinajstić information content (AvgIpc) is 3.90. The molecule has 1 heterocycles. The van der Waals surface area contributed by atoms with Gasteiger partial charge >= 0.3 is 5.97 Å². The molecule has 0 spiro atoms. The third-order valence-corrected chi connectivity index (χ3v) is 11.1. The molecule has 1 aliphatic rings. The zero-order valence-electron chi connectivity index (χ0n) is 36.8. The standard InChI is InChI=1S/C46H86NO8P/c1-6-8-10-11-12-13-14-15-16-17-18-21-24-27-30-34-39-51-41-43(42-53-56(49,50)52-40-38-47(3,4)5)54-46(48)37-33-29-26-23-20-19-22-25-28-32-36-45-44(55-45)35-31-9-7-2/h19,22-23,26,28,32,43-45H,6-18,20-21,24-25,27,29-31,33-42H2,1-5H3/b22-19-,26-23-,32-28-. The molecule has 4 unspecified atom stereocenters. The molecule has 56 heavy (non-hydrogen) atoms. The summed E-state index contributed by atoms with van der Waals surface area (Å²) in [7, 11) is 1.32. The van der Waals surface area contributed by atoms with Crippen LogP contribution in [0.4, 0.5) is 0 Å². The molecule has 10 heteroatoms. The monoisotopic (exact) mass is 812 g/mol. The minimum atomic E-state index is -4.54. The van der Waals surface area contributed by atoms with Crippen LogP contribution in [-0.2, 0) is 32.6 Å². The molecule has 1 fully saturated rings. The molecule has 0 N–H and O–H groups in total. The van der Waals surface area contributed by atoms with Crippen LogP contribution in [0.5, 0.6) is 0 Å². The lowest BCUT2D eigenvalue weighted by atomic mass is 10.0. The van der Waals surface area contributed by atoms with Crippen LogP contribution in [0.2, 0.25) is 0 Å². The number of quaternary nitrogens is 1. The number of carbonyl (C=O) groups excluding carboxylic acids is 1. The molecule has 1 rings (SSSR count). The van der Waals surface area contributed by atoms with Crippen LogP contribution in [0.3, 0.4) is 0 Å². The van der Waals surface area contributed by atoms with Crippen molar-refractivity contribution in [2.45, 2.75) is 199 Å². The molecule has 0 aliphatic carbocycles. The summed E-state index contributed by atoms with van der Waals surface area (Å²) in [6.45, 7) is 5.31. The fourth-order valence-corrected chi connectivity index (χ4v) is 7.19. The minimum absolute atomic E-state index is 0.0146. The van der Waals surface area contributed by atoms with Crippen molar-refractivity contribution < 1.29 is 42.0 Å². The first kappa shape index (κ1) is 52.7. The second-order valence-corrected chi connectivity index (χ2v) is 18.2. The third kappa shape index (κ3) is 35.8. The van der Waals surface area contributed by atoms with Gasteiger partial charge in [-0.05, 0) is 44.9 Å². The van der Waals surface area contributed by atoms with E-state index in [1.165, 1.54) is 116 Å². The van der Waals surface area contributed by atoms with Crippen LogP contribution in [-0.4, -0.2) is 82.9 Å². The Bertz CT molecular complexity index is 1060. The Morgan fingerprint density at radius 3 is 1.79 bits per heavy atom. The van der Waals surface area contributed by atoms with Gasteiger partial charge in [-0.2, -0.15) is 0 Å². The van der Waals surface area contributed by atoms with Crippen LogP contribution in [0.25, 0.3) is 0 Å². The first-order valence-corrected chi connectivity index (χ1v) is 24.3. The summed E-state index contributed by atoms with van der Waals surface area (Å²) in [5.74, 6) is -0.389. The highest BCUT2D eigenvalue weighted by molar-refractivity contribution is 7.45. The fraction of sp³-hybridized carbons (Fsp3) is 0.848. The first-order chi connectivity index (χ1) is 27.1. The van der Waals surface area contributed by atoms with Crippen LogP contribution in [0, 0.1) is 0 Å². The molecule has 4 atom stereocenters. The quantitative estimate of drug-likeness (QED) is 0.0150. The van der Waals surface area contributed by atoms with Crippen LogP contribution >= 0.6 is 7.82 Å². The van der Waals surface area contributed by atoms with E-state index in [-0.39, 0.29) is 32.2 Å². The Morgan fingerprint density at radius 2 is 1.20 bits per heavy atom. The molecule has 0 saturated carbocycles. The van der Waals surface area contributed by atoms with Crippen molar-refractivity contribution in [3.63, 3.8) is 0 Å². The maximum absolute atomic E-state index is 12.7. The van der Waals surface area contributed by atoms with E-state index < -0.39 is 13.9 Å². The molecule has 0 aromatic heterocycles. The number of hydrogen-bond donors (Lipinski definition) is 0. The maximum Gasteiger partial charge on any atom is 0.306 e. The summed E-state index contributed by atoms with van der Waals surface area (Å²) in [6, 6.07) is 0. The Labute approximate surface area is 344 Å². The van der Waals surface area contributed by atoms with Crippen molar-refractivity contribution in [3.05, 3.63) is 36.5 Å². The van der Waals surface area contributed by atoms with E-state index in [9.17, 15) is 14.3 Å². The van der Waals surface area contributed by atoms with Crippen molar-refractivity contribution in [2.75, 3.05) is 54.1 Å². The molecule has 0 amide bonds. The normalized spacial score (nSPS) is 17.7. The number of likely N-dealkylation sites (N-methyl/N-ethyl adjacent to an activating group) is 1. The molecule has 0 bridgehead atoms. The minimum Gasteiger partial charge on any atom is -0.756 e. The number of carbonyl (C=O) groups is 1. The average molecular weight is 812 g/mol. The zero-order chi connectivity index (χ0) is 41.0. The number of rotatable bonds is 41. The third-order valence-electron chi connectivity index (χ3n) is 10.1. The van der Waals surface area contributed by atoms with Crippen molar-refractivity contribution in [2.24, 2.45) is 0 Å². The smallest absolute Gasteiger partial charge is 0.306 e. The van der Waals surface area contributed by atoms with Gasteiger partial charge in [0.05, 0.1) is 46.6 Å². The number of phosphoric ester groups is 1. The SMILES string of the molecule is CCCCCCCCCCCCCCCCCCOCC(COP(=O)([O-])OCC[N+](C)(C)C)OC(=O)CCC/C=C\C/C=C\C/C=C\CC1OC1CCCCC. The Balaban J connectivity index is 2.24. The number of unbranched alkanes of at least 4 members (excludes halogenated alkanes) is 18. The van der Waals surface area contributed by atoms with Gasteiger partial charge in [-0.15, -0.1) is 0 Å². The number of hydrogen-bond acceptors (Lipinski definition) is 8. The number of phosphoric acid groups is 1. The van der Waals surface area contributed by atoms with Gasteiger partial charge in [0.25, 0.3) is 7.82 Å². The van der Waals surface area contributed by atoms with E-state index in [0.29, 0.717) is 36.3 Å². The van der Waals surface area contributed by atoms with Gasteiger partial charge in [0, 0.05) is 13.0 Å². The number of epoxide rings is 1. The lowest BCUT2D eigenvalue weighted by molar-refractivity contribution is -0.870. The molecule has 328 valence electrons. The van der Waals surface area contributed by atoms with Gasteiger partial charge in [0.2, 0.25) is 0 Å². The predicted octanol–water partition coefficient (Wildman–Crippen LogP) is 11.7. The highest BCUT2D eigenvalue weighted by Gasteiger charge is 2.36. The topological polar surface area (TPSA) is 107 Å². The van der Waals surface area contributed by atoms with Crippen LogP contribution in [0.1, 0.15) is 181 Å². The van der Waals surface area contributed by atoms with Gasteiger partial charge in [-0.1, -0.05) is 166 Å². The summed E-state index contributed by atoms with van der Waals surface area (Å²) in [6.07, 6.45) is 43.4. The van der Waals surface area contributed by atoms with E-state index in [1.54, 1.807) is 0 Å². The predicted molar refractivity (Wildman–Crippen MR) is 231 cm³/mol. The molecule has 0 aromatic rings. The number of allylic oxidation sites excluding steroid dienone is 5. The van der Waals surface area contributed by atoms with E-state index in [0.717, 1.165) is 38.5 Å². The van der Waals surface area contributed by atoms with Crippen molar-refractivity contribution in [3.8, 4) is 0 Å². The first-order valence-electron chi connectivity index (χ1n) is 22.8. The second kappa shape index (κ2) is 35.6. The van der Waals surface area contributed by atoms with Crippen molar-refractivity contribution in [1.29, 1.82) is 0 Å². The van der Waals surface area contributed by atoms with Crippen LogP contribution < -0.4 is 4.89 Å². The Hall–Kier alpha value is -1.32. The summed E-state index contributed by atoms with van der Waals surface area (Å²) < 4.78 is 40.3. The highest BCUT2D eigenvalue weighted by Crippen LogP contribution is 2.38. The van der Waals surface area contributed by atoms with Gasteiger partial charge in [-0.25, -0.2) is 0 Å². The van der Waals surface area contributed by atoms with E-state index in [4.69, 9.17) is 23.3 Å². The largest absolute Gasteiger partial charge is 0.756 e. The van der Waals surface area contributed by atoms with Crippen molar-refractivity contribution >= 4 is 13.8 Å². The number of nitrogens with zero attached hydrogens (tertiary/aromatic N) is 1. The summed E-state index contributed by atoms with van der Waals surface area (Å²) in [4.78, 5) is 25.1. The van der Waals surface area contributed by atoms with Crippen LogP contribution in [0.15, 0.2) is 36.5 Å². The summed E-state index contributed by atoms with van der Waals surface area (Å²) in [5.41, 5.74) is 0. The van der Waals surface area contributed by atoms with Gasteiger partial charge in [-0.3, -0.25) is 9.36 Å². The highest BCUT2D eigenvalue weighted by atomic mass is 31.2. The lowest BCUT2D eigenvalue weighted by Gasteiger charge is -2.28. The lowest BCUT2D eigenvalue weighted by Crippen LogP contribution is -2.37. The number of ether oxygens (including phenoxy) is 3. The molecule has 1 saturated heterocycles. The fourth-order valence-electron chi connectivity index (χ4n) is 6.46. The second-order valence-electron chi connectivity index (χ2n) is 16.8. The Morgan fingerprint density at radius 1 is 0.661 bits per heavy atom. The molecule has 1 aliphatic heterocycles. The van der Waals surface area contributed by atoms with Crippen molar-refractivity contribution in [1.82, 2.24) is 0 Å². The molecular formula is C46H86NO8P. The van der Waals surface area contributed by atoms with E-state index in [2.05, 4.69) is 50.3 Å². The molecule has 0 radical (unpaired) electrons. The van der Waals surface area contributed by atoms with E-state index >= 15 is 0 Å². The summed E-state index contributed by atoms with van der Waals surface area (Å²) in [5, 5.41) is 0. The molecule has 9 nitrogen and oxygen atoms in total. The van der Waals surface area contributed by atoms with Gasteiger partial charge in [0.15, 0.2) is 0 Å². The molecular weight excluding hydrogens is 725 g/mol. The zero-order valence-corrected chi connectivity index (χ0v) is 37.7. The Kier molecular flexibility index (Phi) is 33.5. The maximum atomic E-state index is 12.7. The van der Waals surface area contributed by atoms with Gasteiger partial charge < -0.3 is 32.6 Å². The van der Waals surface area contributed by atoms with Gasteiger partial charge in [0.1, 0.15) is 19.3 Å². The number of esters is 1. The van der Waals surface area contributed by atoms with E-state index in [1.807, 2.05) is 21.1 Å². The summed E-state index contributed by atoms with van der Waals surface area (Å²) >= 11 is 0. The molecule has 0 aromatic carbocycles.